The molecule has 0 saturated carbocycles. The molecule has 0 bridgehead atoms. The summed E-state index contributed by atoms with van der Waals surface area (Å²) in [5.41, 5.74) is 0.952. The second kappa shape index (κ2) is 13.6. The second-order valence-corrected chi connectivity index (χ2v) is 14.3. The minimum absolute atomic E-state index is 0.221. The van der Waals surface area contributed by atoms with Crippen molar-refractivity contribution in [2.75, 3.05) is 49.5 Å². The third kappa shape index (κ3) is 7.62. The van der Waals surface area contributed by atoms with E-state index in [1.54, 1.807) is 42.8 Å². The summed E-state index contributed by atoms with van der Waals surface area (Å²) in [6, 6.07) is 14.0. The Kier molecular flexibility index (Phi) is 9.50. The predicted octanol–water partition coefficient (Wildman–Crippen LogP) is 4.66. The third-order valence-corrected chi connectivity index (χ3v) is 8.99. The highest BCUT2D eigenvalue weighted by atomic mass is 16.6. The number of allylic oxidation sites excluding steroid dienone is 1. The van der Waals surface area contributed by atoms with Gasteiger partial charge in [-0.1, -0.05) is 12.1 Å². The molecule has 4 aromatic rings. The lowest BCUT2D eigenvalue weighted by Crippen LogP contribution is -2.55. The van der Waals surface area contributed by atoms with Crippen molar-refractivity contribution in [3.63, 3.8) is 0 Å². The van der Waals surface area contributed by atoms with Gasteiger partial charge in [0, 0.05) is 62.9 Å². The lowest BCUT2D eigenvalue weighted by atomic mass is 10.0. The molecule has 0 aliphatic carbocycles. The normalized spacial score (nSPS) is 16.6. The summed E-state index contributed by atoms with van der Waals surface area (Å²) < 4.78 is 8.71. The van der Waals surface area contributed by atoms with Crippen LogP contribution < -0.4 is 15.8 Å². The summed E-state index contributed by atoms with van der Waals surface area (Å²) >= 11 is 0. The molecule has 2 aliphatic heterocycles. The number of carbonyl (C=O) groups is 1. The number of fused-ring (bicyclic) bond motifs is 1. The summed E-state index contributed by atoms with van der Waals surface area (Å²) in [4.78, 5) is 46.4. The van der Waals surface area contributed by atoms with E-state index in [0.717, 1.165) is 50.4 Å². The molecule has 13 nitrogen and oxygen atoms in total. The molecule has 1 amide bonds. The van der Waals surface area contributed by atoms with Crippen LogP contribution in [0.2, 0.25) is 0 Å². The fourth-order valence-electron chi connectivity index (χ4n) is 6.46. The van der Waals surface area contributed by atoms with Gasteiger partial charge in [-0.25, -0.2) is 24.1 Å². The van der Waals surface area contributed by atoms with Gasteiger partial charge < -0.3 is 25.0 Å². The minimum atomic E-state index is -1.16. The topological polar surface area (TPSA) is 134 Å². The van der Waals surface area contributed by atoms with Crippen LogP contribution in [-0.4, -0.2) is 96.2 Å². The Morgan fingerprint density at radius 3 is 2.33 bits per heavy atom. The van der Waals surface area contributed by atoms with Crippen LogP contribution in [0.25, 0.3) is 16.9 Å². The Balaban J connectivity index is 1.11. The lowest BCUT2D eigenvalue weighted by molar-refractivity contribution is 0.00901. The Labute approximate surface area is 286 Å². The number of benzene rings is 1. The summed E-state index contributed by atoms with van der Waals surface area (Å²) in [5, 5.41) is 14.2. The van der Waals surface area contributed by atoms with Crippen molar-refractivity contribution in [2.24, 2.45) is 0 Å². The molecule has 0 unspecified atom stereocenters. The molecule has 5 heterocycles. The van der Waals surface area contributed by atoms with Crippen LogP contribution in [0, 0.1) is 0 Å². The highest BCUT2D eigenvalue weighted by Gasteiger charge is 2.31. The lowest BCUT2D eigenvalue weighted by Gasteiger charge is -2.43. The van der Waals surface area contributed by atoms with Gasteiger partial charge in [0.15, 0.2) is 11.5 Å². The molecule has 3 aromatic heterocycles. The fourth-order valence-corrected chi connectivity index (χ4v) is 6.46. The largest absolute Gasteiger partial charge is 0.444 e. The van der Waals surface area contributed by atoms with E-state index in [1.807, 2.05) is 37.8 Å². The maximum absolute atomic E-state index is 13.3. The SMILES string of the molecule is C=CCn1c(=O)c2cnc(Nc3ccc(N4CCC(N5CCN(C(=O)OC(C)(C)C)CC5)CC4)cc3)nc2n1-c1cccc(C(C)(C)O)n1. The van der Waals surface area contributed by atoms with E-state index >= 15 is 0 Å². The van der Waals surface area contributed by atoms with Crippen molar-refractivity contribution in [1.29, 1.82) is 0 Å². The standard InChI is InChI=1S/C36H47N9O4/c1-7-17-44-32(46)28-24-37-33(40-31(28)45(44)30-10-8-9-29(39-30)36(5,6)48)38-25-11-13-26(14-12-25)41-18-15-27(16-19-41)42-20-22-43(23-21-42)34(47)49-35(2,3)4/h7-14,24,27,48H,1,15-23H2,2-6H3,(H,37,38,40). The molecule has 2 fully saturated rings. The van der Waals surface area contributed by atoms with Crippen LogP contribution in [0.1, 0.15) is 53.2 Å². The molecule has 2 aliphatic rings. The average molecular weight is 670 g/mol. The van der Waals surface area contributed by atoms with Crippen LogP contribution in [0.4, 0.5) is 22.1 Å². The van der Waals surface area contributed by atoms with Crippen molar-refractivity contribution in [2.45, 2.75) is 71.2 Å². The fraction of sp³-hybridized carbons (Fsp3) is 0.472. The minimum Gasteiger partial charge on any atom is -0.444 e. The zero-order chi connectivity index (χ0) is 34.9. The number of piperidine rings is 1. The van der Waals surface area contributed by atoms with Gasteiger partial charge >= 0.3 is 6.09 Å². The number of hydrogen-bond donors (Lipinski definition) is 2. The number of hydrogen-bond acceptors (Lipinski definition) is 10. The number of rotatable bonds is 8. The summed E-state index contributed by atoms with van der Waals surface area (Å²) in [6.07, 6.45) is 5.09. The van der Waals surface area contributed by atoms with Gasteiger partial charge in [-0.3, -0.25) is 9.69 Å². The van der Waals surface area contributed by atoms with Crippen molar-refractivity contribution >= 4 is 34.4 Å². The molecule has 6 rings (SSSR count). The Morgan fingerprint density at radius 2 is 1.69 bits per heavy atom. The molecular formula is C36H47N9O4. The average Bonchev–Trinajstić information content (AvgIpc) is 3.34. The highest BCUT2D eigenvalue weighted by Crippen LogP contribution is 2.27. The first-order chi connectivity index (χ1) is 23.3. The molecule has 0 atom stereocenters. The maximum atomic E-state index is 13.3. The number of piperazine rings is 1. The Morgan fingerprint density at radius 1 is 1.00 bits per heavy atom. The first kappa shape index (κ1) is 34.1. The molecular weight excluding hydrogens is 622 g/mol. The van der Waals surface area contributed by atoms with Gasteiger partial charge in [-0.15, -0.1) is 6.58 Å². The monoisotopic (exact) mass is 669 g/mol. The number of pyridine rings is 1. The van der Waals surface area contributed by atoms with E-state index in [1.165, 1.54) is 10.9 Å². The van der Waals surface area contributed by atoms with Gasteiger partial charge in [0.25, 0.3) is 5.56 Å². The molecule has 260 valence electrons. The van der Waals surface area contributed by atoms with Crippen LogP contribution in [0.5, 0.6) is 0 Å². The quantitative estimate of drug-likeness (QED) is 0.255. The first-order valence-electron chi connectivity index (χ1n) is 16.9. The van der Waals surface area contributed by atoms with Crippen LogP contribution in [-0.2, 0) is 16.9 Å². The summed E-state index contributed by atoms with van der Waals surface area (Å²) in [5.74, 6) is 0.797. The number of anilines is 3. The predicted molar refractivity (Wildman–Crippen MR) is 191 cm³/mol. The van der Waals surface area contributed by atoms with Crippen molar-refractivity contribution in [3.05, 3.63) is 77.4 Å². The Hall–Kier alpha value is -4.75. The molecule has 0 spiro atoms. The zero-order valence-electron chi connectivity index (χ0n) is 29.1. The number of carbonyl (C=O) groups excluding carboxylic acids is 1. The van der Waals surface area contributed by atoms with E-state index in [0.29, 0.717) is 47.6 Å². The van der Waals surface area contributed by atoms with Gasteiger partial charge in [-0.2, -0.15) is 4.98 Å². The number of ether oxygens (including phenoxy) is 1. The van der Waals surface area contributed by atoms with Crippen molar-refractivity contribution in [1.82, 2.24) is 34.1 Å². The van der Waals surface area contributed by atoms with Gasteiger partial charge in [0.1, 0.15) is 16.6 Å². The van der Waals surface area contributed by atoms with E-state index in [-0.39, 0.29) is 18.2 Å². The molecule has 1 aromatic carbocycles. The van der Waals surface area contributed by atoms with Gasteiger partial charge in [0.05, 0.1) is 12.2 Å². The van der Waals surface area contributed by atoms with E-state index < -0.39 is 11.2 Å². The smallest absolute Gasteiger partial charge is 0.410 e. The summed E-state index contributed by atoms with van der Waals surface area (Å²) in [6.45, 7) is 18.2. The van der Waals surface area contributed by atoms with Crippen molar-refractivity contribution in [3.8, 4) is 5.82 Å². The first-order valence-corrected chi connectivity index (χ1v) is 16.9. The van der Waals surface area contributed by atoms with Gasteiger partial charge in [0.2, 0.25) is 5.95 Å². The molecule has 49 heavy (non-hydrogen) atoms. The molecule has 0 radical (unpaired) electrons. The molecule has 2 saturated heterocycles. The third-order valence-electron chi connectivity index (χ3n) is 8.99. The molecule has 13 heteroatoms. The zero-order valence-corrected chi connectivity index (χ0v) is 29.1. The Bertz CT molecular complexity index is 1850. The highest BCUT2D eigenvalue weighted by molar-refractivity contribution is 5.77. The van der Waals surface area contributed by atoms with E-state index in [9.17, 15) is 14.7 Å². The number of nitrogens with zero attached hydrogens (tertiary/aromatic N) is 8. The molecule has 2 N–H and O–H groups in total. The van der Waals surface area contributed by atoms with E-state index in [2.05, 4.69) is 43.8 Å². The maximum Gasteiger partial charge on any atom is 0.410 e. The summed E-state index contributed by atoms with van der Waals surface area (Å²) in [7, 11) is 0. The number of aliphatic hydroxyl groups is 1. The second-order valence-electron chi connectivity index (χ2n) is 14.3. The number of aromatic nitrogens is 5. The van der Waals surface area contributed by atoms with Crippen molar-refractivity contribution < 1.29 is 14.6 Å². The number of nitrogens with one attached hydrogen (secondary N) is 1. The van der Waals surface area contributed by atoms with Crippen LogP contribution in [0.15, 0.2) is 66.1 Å². The number of amides is 1. The van der Waals surface area contributed by atoms with Gasteiger partial charge in [-0.05, 0) is 83.9 Å². The van der Waals surface area contributed by atoms with Crippen LogP contribution >= 0.6 is 0 Å². The van der Waals surface area contributed by atoms with Crippen LogP contribution in [0.3, 0.4) is 0 Å². The van der Waals surface area contributed by atoms with E-state index in [4.69, 9.17) is 9.72 Å².